The average Bonchev–Trinajstić information content (AvgIpc) is 2.50. The molecule has 1 aromatic heterocycles. The van der Waals surface area contributed by atoms with Crippen molar-refractivity contribution in [2.75, 3.05) is 44.4 Å². The van der Waals surface area contributed by atoms with Gasteiger partial charge in [-0.15, -0.1) is 4.98 Å². The molecule has 8 heteroatoms. The summed E-state index contributed by atoms with van der Waals surface area (Å²) >= 11 is 0. The Kier molecular flexibility index (Phi) is 7.77. The molecule has 1 rings (SSSR count). The summed E-state index contributed by atoms with van der Waals surface area (Å²) in [5.74, 6) is 0.256. The lowest BCUT2D eigenvalue weighted by molar-refractivity contribution is 0.276. The fraction of sp³-hybridized carbons (Fsp3) is 0.462. The van der Waals surface area contributed by atoms with Gasteiger partial charge >= 0.3 is 12.0 Å². The van der Waals surface area contributed by atoms with Crippen LogP contribution in [0.1, 0.15) is 0 Å². The Bertz CT molecular complexity index is 420. The summed E-state index contributed by atoms with van der Waals surface area (Å²) in [7, 11) is 0. The van der Waals surface area contributed by atoms with Gasteiger partial charge in [0, 0.05) is 13.1 Å². The van der Waals surface area contributed by atoms with Crippen LogP contribution in [0.2, 0.25) is 0 Å². The van der Waals surface area contributed by atoms with E-state index in [0.717, 1.165) is 0 Å². The van der Waals surface area contributed by atoms with E-state index >= 15 is 0 Å². The van der Waals surface area contributed by atoms with Gasteiger partial charge in [-0.2, -0.15) is 9.97 Å². The summed E-state index contributed by atoms with van der Waals surface area (Å²) in [6.45, 7) is 7.92. The molecule has 116 valence electrons. The lowest BCUT2D eigenvalue weighted by Crippen LogP contribution is -2.31. The van der Waals surface area contributed by atoms with Crippen molar-refractivity contribution < 1.29 is 19.7 Å². The number of hydrogen-bond acceptors (Lipinski definition) is 8. The lowest BCUT2D eigenvalue weighted by Gasteiger charge is -2.20. The molecule has 8 nitrogen and oxygen atoms in total. The van der Waals surface area contributed by atoms with E-state index in [0.29, 0.717) is 0 Å². The van der Waals surface area contributed by atoms with Gasteiger partial charge in [-0.25, -0.2) is 0 Å². The van der Waals surface area contributed by atoms with Crippen LogP contribution < -0.4 is 14.4 Å². The highest BCUT2D eigenvalue weighted by molar-refractivity contribution is 5.32. The van der Waals surface area contributed by atoms with E-state index in [1.807, 2.05) is 0 Å². The standard InChI is InChI=1S/C13H20N4O4/c1-3-9-20-12-14-11(17(5-7-18)6-8-19)15-13(16-12)21-10-4-2/h3-4,18-19H,1-2,5-10H2. The van der Waals surface area contributed by atoms with Gasteiger partial charge in [0.1, 0.15) is 13.2 Å². The Morgan fingerprint density at radius 3 is 1.76 bits per heavy atom. The predicted octanol–water partition coefficient (Wildman–Crippen LogP) is -0.208. The van der Waals surface area contributed by atoms with Crippen LogP contribution in [0, 0.1) is 0 Å². The predicted molar refractivity (Wildman–Crippen MR) is 77.6 cm³/mol. The highest BCUT2D eigenvalue weighted by Gasteiger charge is 2.14. The summed E-state index contributed by atoms with van der Waals surface area (Å²) in [6, 6.07) is 0.166. The summed E-state index contributed by atoms with van der Waals surface area (Å²) in [4.78, 5) is 13.8. The molecular formula is C13H20N4O4. The third kappa shape index (κ3) is 5.76. The topological polar surface area (TPSA) is 101 Å². The van der Waals surface area contributed by atoms with Crippen LogP contribution in [0.15, 0.2) is 25.3 Å². The largest absolute Gasteiger partial charge is 0.459 e. The van der Waals surface area contributed by atoms with Gasteiger partial charge < -0.3 is 24.6 Å². The molecule has 1 heterocycles. The molecule has 0 aromatic carbocycles. The van der Waals surface area contributed by atoms with Gasteiger partial charge in [0.05, 0.1) is 13.2 Å². The number of anilines is 1. The zero-order valence-corrected chi connectivity index (χ0v) is 11.8. The van der Waals surface area contributed by atoms with Gasteiger partial charge in [-0.05, 0) is 0 Å². The molecule has 0 amide bonds. The maximum atomic E-state index is 9.06. The normalized spacial score (nSPS) is 10.0. The first-order valence-corrected chi connectivity index (χ1v) is 6.45. The number of aliphatic hydroxyl groups excluding tert-OH is 2. The average molecular weight is 296 g/mol. The van der Waals surface area contributed by atoms with Crippen molar-refractivity contribution in [2.45, 2.75) is 0 Å². The molecule has 0 aliphatic rings. The fourth-order valence-electron chi connectivity index (χ4n) is 1.42. The SMILES string of the molecule is C=CCOc1nc(OCC=C)nc(N(CCO)CCO)n1. The van der Waals surface area contributed by atoms with Gasteiger partial charge in [-0.1, -0.05) is 25.3 Å². The van der Waals surface area contributed by atoms with Crippen molar-refractivity contribution in [1.29, 1.82) is 0 Å². The molecule has 0 aliphatic carbocycles. The van der Waals surface area contributed by atoms with Crippen LogP contribution in [-0.4, -0.2) is 64.7 Å². The minimum absolute atomic E-state index is 0.0832. The van der Waals surface area contributed by atoms with Crippen molar-refractivity contribution in [3.8, 4) is 12.0 Å². The molecule has 0 saturated heterocycles. The van der Waals surface area contributed by atoms with Crippen molar-refractivity contribution in [3.63, 3.8) is 0 Å². The third-order valence-corrected chi connectivity index (χ3v) is 2.27. The molecule has 0 atom stereocenters. The second-order valence-corrected chi connectivity index (χ2v) is 3.83. The quantitative estimate of drug-likeness (QED) is 0.541. The van der Waals surface area contributed by atoms with Crippen LogP contribution in [0.5, 0.6) is 12.0 Å². The van der Waals surface area contributed by atoms with Crippen LogP contribution in [0.3, 0.4) is 0 Å². The zero-order chi connectivity index (χ0) is 15.5. The van der Waals surface area contributed by atoms with Gasteiger partial charge in [0.25, 0.3) is 0 Å². The zero-order valence-electron chi connectivity index (χ0n) is 11.8. The molecule has 0 fully saturated rings. The minimum Gasteiger partial charge on any atom is -0.459 e. The number of rotatable bonds is 11. The first kappa shape index (κ1) is 16.9. The van der Waals surface area contributed by atoms with E-state index in [1.165, 1.54) is 0 Å². The monoisotopic (exact) mass is 296 g/mol. The summed E-state index contributed by atoms with van der Waals surface area (Å²) in [6.07, 6.45) is 3.12. The van der Waals surface area contributed by atoms with Crippen molar-refractivity contribution in [2.24, 2.45) is 0 Å². The second-order valence-electron chi connectivity index (χ2n) is 3.83. The Balaban J connectivity index is 3.01. The maximum absolute atomic E-state index is 9.06. The third-order valence-electron chi connectivity index (χ3n) is 2.27. The number of ether oxygens (including phenoxy) is 2. The molecule has 0 bridgehead atoms. The highest BCUT2D eigenvalue weighted by Crippen LogP contribution is 2.16. The summed E-state index contributed by atoms with van der Waals surface area (Å²) in [5.41, 5.74) is 0. The number of aromatic nitrogens is 3. The molecular weight excluding hydrogens is 276 g/mol. The van der Waals surface area contributed by atoms with E-state index in [1.54, 1.807) is 17.1 Å². The minimum atomic E-state index is -0.0998. The van der Waals surface area contributed by atoms with Gasteiger partial charge in [0.2, 0.25) is 5.95 Å². The highest BCUT2D eigenvalue weighted by atomic mass is 16.5. The van der Waals surface area contributed by atoms with Crippen LogP contribution >= 0.6 is 0 Å². The number of aliphatic hydroxyl groups is 2. The Labute approximate surface area is 123 Å². The number of nitrogens with zero attached hydrogens (tertiary/aromatic N) is 4. The van der Waals surface area contributed by atoms with Gasteiger partial charge in [0.15, 0.2) is 0 Å². The molecule has 0 aliphatic heterocycles. The molecule has 1 aromatic rings. The van der Waals surface area contributed by atoms with Crippen molar-refractivity contribution in [3.05, 3.63) is 25.3 Å². The molecule has 0 spiro atoms. The van der Waals surface area contributed by atoms with Gasteiger partial charge in [-0.3, -0.25) is 0 Å². The van der Waals surface area contributed by atoms with E-state index in [-0.39, 0.29) is 57.5 Å². The molecule has 2 N–H and O–H groups in total. The van der Waals surface area contributed by atoms with E-state index in [9.17, 15) is 0 Å². The molecule has 0 unspecified atom stereocenters. The lowest BCUT2D eigenvalue weighted by atomic mass is 10.5. The number of hydrogen-bond donors (Lipinski definition) is 2. The Morgan fingerprint density at radius 1 is 0.905 bits per heavy atom. The van der Waals surface area contributed by atoms with E-state index in [2.05, 4.69) is 28.1 Å². The van der Waals surface area contributed by atoms with Crippen molar-refractivity contribution in [1.82, 2.24) is 15.0 Å². The fourth-order valence-corrected chi connectivity index (χ4v) is 1.42. The molecule has 0 saturated carbocycles. The summed E-state index contributed by atoms with van der Waals surface area (Å²) in [5, 5.41) is 18.1. The molecule has 21 heavy (non-hydrogen) atoms. The first-order valence-electron chi connectivity index (χ1n) is 6.45. The maximum Gasteiger partial charge on any atom is 0.324 e. The van der Waals surface area contributed by atoms with E-state index < -0.39 is 0 Å². The van der Waals surface area contributed by atoms with Crippen LogP contribution in [0.25, 0.3) is 0 Å². The molecule has 0 radical (unpaired) electrons. The van der Waals surface area contributed by atoms with Crippen LogP contribution in [-0.2, 0) is 0 Å². The van der Waals surface area contributed by atoms with Crippen LogP contribution in [0.4, 0.5) is 5.95 Å². The Hall–Kier alpha value is -2.19. The second kappa shape index (κ2) is 9.67. The summed E-state index contributed by atoms with van der Waals surface area (Å²) < 4.78 is 10.6. The van der Waals surface area contributed by atoms with E-state index in [4.69, 9.17) is 19.7 Å². The van der Waals surface area contributed by atoms with Crippen molar-refractivity contribution >= 4 is 5.95 Å². The Morgan fingerprint density at radius 2 is 1.38 bits per heavy atom. The first-order chi connectivity index (χ1) is 10.2. The smallest absolute Gasteiger partial charge is 0.324 e.